The molecule has 6 aromatic rings. The minimum atomic E-state index is -3.79. The first-order valence-corrected chi connectivity index (χ1v) is 34.9. The zero-order valence-corrected chi connectivity index (χ0v) is 56.2. The van der Waals surface area contributed by atoms with Crippen LogP contribution >= 0.6 is 46.4 Å². The maximum Gasteiger partial charge on any atom is 0.315 e. The van der Waals surface area contributed by atoms with Crippen molar-refractivity contribution in [2.24, 2.45) is 11.8 Å². The number of hydrogen-bond donors (Lipinski definition) is 2. The summed E-state index contributed by atoms with van der Waals surface area (Å²) < 4.78 is 84.1. The Labute approximate surface area is 548 Å². The second kappa shape index (κ2) is 29.4. The van der Waals surface area contributed by atoms with Crippen LogP contribution in [0.15, 0.2) is 107 Å². The Morgan fingerprint density at radius 1 is 0.600 bits per heavy atom. The number of nitrogens with one attached hydrogen (secondary N) is 2. The SMILES string of the molecule is Cc1cc(S(=O)(=O)N2CC[C@@H](COc3ccnc(CCC(=O)CCCCCNC(=O)NCc4cc(OC[C@@H]5CCN(S(=O)(=O)c6ccc(O[C@H]7c8cc(Cl)cc(Cl)c8C[C@@H]7N(C)C)c(C)c6)C5)ccn4)c3)C2)ccc1O[C@H]1c2cc(Cl)cc(Cl)c2C[C@@H]1N(C)C. The van der Waals surface area contributed by atoms with Gasteiger partial charge in [-0.15, -0.1) is 0 Å². The van der Waals surface area contributed by atoms with Gasteiger partial charge in [0.15, 0.2) is 0 Å². The van der Waals surface area contributed by atoms with Crippen LogP contribution in [0.5, 0.6) is 23.0 Å². The number of pyridine rings is 2. The van der Waals surface area contributed by atoms with Gasteiger partial charge in [-0.25, -0.2) is 21.6 Å². The molecule has 24 heteroatoms. The van der Waals surface area contributed by atoms with E-state index in [-0.39, 0.29) is 64.3 Å². The lowest BCUT2D eigenvalue weighted by molar-refractivity contribution is -0.119. The molecule has 2 aliphatic heterocycles. The summed E-state index contributed by atoms with van der Waals surface area (Å²) in [6.07, 6.45) is 8.71. The number of carbonyl (C=O) groups is 2. The van der Waals surface area contributed by atoms with Gasteiger partial charge < -0.3 is 39.4 Å². The summed E-state index contributed by atoms with van der Waals surface area (Å²) in [6.45, 7) is 6.36. The number of Topliss-reactive ketones (excluding diaryl/α,β-unsaturated/α-hetero) is 1. The van der Waals surface area contributed by atoms with Gasteiger partial charge in [0.05, 0.1) is 47.3 Å². The van der Waals surface area contributed by atoms with Crippen molar-refractivity contribution in [1.82, 2.24) is 39.0 Å². The zero-order valence-electron chi connectivity index (χ0n) is 51.5. The largest absolute Gasteiger partial charge is 0.493 e. The van der Waals surface area contributed by atoms with Crippen molar-refractivity contribution in [3.05, 3.63) is 162 Å². The highest BCUT2D eigenvalue weighted by Crippen LogP contribution is 2.45. The molecular weight excluding hydrogens is 1270 g/mol. The molecule has 482 valence electrons. The Kier molecular flexibility index (Phi) is 22.0. The number of urea groups is 1. The number of halogens is 4. The maximum absolute atomic E-state index is 13.9. The number of ketones is 1. The van der Waals surface area contributed by atoms with Crippen molar-refractivity contribution in [2.75, 3.05) is 74.1 Å². The highest BCUT2D eigenvalue weighted by atomic mass is 35.5. The molecule has 4 aromatic carbocycles. The van der Waals surface area contributed by atoms with Crippen LogP contribution in [0.2, 0.25) is 20.1 Å². The first-order chi connectivity index (χ1) is 43.0. The van der Waals surface area contributed by atoms with Crippen LogP contribution in [0, 0.1) is 25.7 Å². The summed E-state index contributed by atoms with van der Waals surface area (Å²) >= 11 is 26.0. The molecule has 0 unspecified atom stereocenters. The standard InChI is InChI=1S/C66H78Cl4N8O10S2/c1-41-26-52(13-15-62(41)87-64-56-28-45(67)30-58(69)54(56)34-60(64)75(3)4)89(81,82)77-24-19-43(37-77)39-85-50-17-22-71-47(32-50)11-12-49(79)10-8-7-9-21-73-66(80)74-36-48-33-51(18-23-72-48)86-40-44-20-25-78(38-44)90(83,84)53-14-16-63(42(2)27-53)88-65-57-29-46(68)31-59(70)55(57)35-61(65)76(5)6/h13-18,22-23,26-33,43-44,60-61,64-65H,7-12,19-21,24-25,34-40H2,1-6H3,(H2,73,74,80)/t43-,44-,60+,61+,64+,65+/m1/s1. The van der Waals surface area contributed by atoms with Gasteiger partial charge in [0.25, 0.3) is 0 Å². The third-order valence-corrected chi connectivity index (χ3v) is 22.3. The van der Waals surface area contributed by atoms with E-state index in [1.165, 1.54) is 8.61 Å². The van der Waals surface area contributed by atoms with Crippen LogP contribution in [0.4, 0.5) is 4.79 Å². The Balaban J connectivity index is 0.583. The van der Waals surface area contributed by atoms with E-state index in [2.05, 4.69) is 30.4 Å². The van der Waals surface area contributed by atoms with E-state index >= 15 is 0 Å². The molecule has 10 rings (SSSR count). The number of aromatic nitrogens is 2. The Morgan fingerprint density at radius 3 is 1.58 bits per heavy atom. The fraction of sp³-hybridized carbons (Fsp3) is 0.455. The van der Waals surface area contributed by atoms with E-state index in [1.807, 2.05) is 60.2 Å². The van der Waals surface area contributed by atoms with Gasteiger partial charge in [-0.1, -0.05) is 52.8 Å². The van der Waals surface area contributed by atoms with Crippen molar-refractivity contribution in [3.63, 3.8) is 0 Å². The predicted molar refractivity (Wildman–Crippen MR) is 350 cm³/mol. The van der Waals surface area contributed by atoms with E-state index < -0.39 is 20.0 Å². The molecule has 2 fully saturated rings. The Morgan fingerprint density at radius 2 is 1.09 bits per heavy atom. The van der Waals surface area contributed by atoms with Gasteiger partial charge >= 0.3 is 6.03 Å². The van der Waals surface area contributed by atoms with Crippen LogP contribution in [0.1, 0.15) is 102 Å². The third-order valence-electron chi connectivity index (χ3n) is 17.5. The van der Waals surface area contributed by atoms with Crippen LogP contribution in [0.25, 0.3) is 0 Å². The highest BCUT2D eigenvalue weighted by molar-refractivity contribution is 7.89. The fourth-order valence-corrected chi connectivity index (χ4v) is 16.7. The second-order valence-corrected chi connectivity index (χ2v) is 30.0. The Hall–Kier alpha value is -5.78. The number of fused-ring (bicyclic) bond motifs is 2. The van der Waals surface area contributed by atoms with E-state index in [9.17, 15) is 26.4 Å². The molecule has 2 aromatic heterocycles. The number of unbranched alkanes of at least 4 members (excludes halogenated alkanes) is 2. The second-order valence-electron chi connectivity index (χ2n) is 24.4. The van der Waals surface area contributed by atoms with Gasteiger partial charge in [-0.2, -0.15) is 8.61 Å². The number of rotatable bonds is 27. The molecule has 4 aliphatic rings. The summed E-state index contributed by atoms with van der Waals surface area (Å²) in [5.74, 6) is 2.46. The summed E-state index contributed by atoms with van der Waals surface area (Å²) in [4.78, 5) is 39.0. The van der Waals surface area contributed by atoms with Crippen LogP contribution < -0.4 is 29.6 Å². The predicted octanol–water partition coefficient (Wildman–Crippen LogP) is 11.7. The smallest absolute Gasteiger partial charge is 0.315 e. The number of nitrogens with zero attached hydrogens (tertiary/aromatic N) is 6. The van der Waals surface area contributed by atoms with Gasteiger partial charge in [-0.3, -0.25) is 14.8 Å². The molecule has 18 nitrogen and oxygen atoms in total. The summed E-state index contributed by atoms with van der Waals surface area (Å²) in [7, 11) is 0.419. The van der Waals surface area contributed by atoms with Crippen LogP contribution in [-0.4, -0.2) is 143 Å². The van der Waals surface area contributed by atoms with Crippen molar-refractivity contribution in [3.8, 4) is 23.0 Å². The first kappa shape index (κ1) is 67.1. The third kappa shape index (κ3) is 16.2. The lowest BCUT2D eigenvalue weighted by Gasteiger charge is -2.28. The van der Waals surface area contributed by atoms with Gasteiger partial charge in [-0.05, 0) is 182 Å². The van der Waals surface area contributed by atoms with Crippen molar-refractivity contribution in [2.45, 2.75) is 119 Å². The average Bonchev–Trinajstić information content (AvgIpc) is 1.60. The molecule has 4 heterocycles. The van der Waals surface area contributed by atoms with Crippen molar-refractivity contribution < 1.29 is 45.4 Å². The monoisotopic (exact) mass is 1350 g/mol. The minimum Gasteiger partial charge on any atom is -0.493 e. The summed E-state index contributed by atoms with van der Waals surface area (Å²) in [5.41, 5.74) is 6.62. The number of aryl methyl sites for hydroxylation is 3. The molecule has 0 spiro atoms. The maximum atomic E-state index is 13.9. The van der Waals surface area contributed by atoms with Crippen molar-refractivity contribution >= 4 is 78.3 Å². The molecule has 90 heavy (non-hydrogen) atoms. The molecule has 0 bridgehead atoms. The van der Waals surface area contributed by atoms with Crippen LogP contribution in [0.3, 0.4) is 0 Å². The topological polar surface area (TPSA) is 202 Å². The minimum absolute atomic E-state index is 0.00894. The number of carbonyl (C=O) groups excluding carboxylic acids is 2. The van der Waals surface area contributed by atoms with E-state index in [1.54, 1.807) is 79.1 Å². The molecule has 0 radical (unpaired) electrons. The Bertz CT molecular complexity index is 3580. The van der Waals surface area contributed by atoms with E-state index in [0.717, 1.165) is 34.4 Å². The van der Waals surface area contributed by atoms with E-state index in [4.69, 9.17) is 65.4 Å². The van der Waals surface area contributed by atoms with Gasteiger partial charge in [0.1, 0.15) is 41.0 Å². The quantitative estimate of drug-likeness (QED) is 0.0461. The van der Waals surface area contributed by atoms with Crippen molar-refractivity contribution in [1.29, 1.82) is 0 Å². The average molecular weight is 1350 g/mol. The summed E-state index contributed by atoms with van der Waals surface area (Å²) in [5, 5.41) is 7.99. The molecule has 2 N–H and O–H groups in total. The fourth-order valence-electron chi connectivity index (χ4n) is 12.3. The molecule has 2 saturated heterocycles. The van der Waals surface area contributed by atoms with E-state index in [0.29, 0.717) is 164 Å². The number of benzene rings is 4. The molecule has 6 atom stereocenters. The number of sulfonamides is 2. The lowest BCUT2D eigenvalue weighted by Crippen LogP contribution is -2.35. The highest BCUT2D eigenvalue weighted by Gasteiger charge is 2.41. The molecule has 2 amide bonds. The van der Waals surface area contributed by atoms with Gasteiger partial charge in [0.2, 0.25) is 20.0 Å². The summed E-state index contributed by atoms with van der Waals surface area (Å²) in [6, 6.07) is 24.1. The lowest BCUT2D eigenvalue weighted by atomic mass is 10.1. The molecular formula is C66H78Cl4N8O10S2. The first-order valence-electron chi connectivity index (χ1n) is 30.5. The number of amides is 2. The normalized spacial score (nSPS) is 20.1. The molecule has 0 saturated carbocycles. The molecule has 2 aliphatic carbocycles. The van der Waals surface area contributed by atoms with Gasteiger partial charge in [0, 0.05) is 119 Å². The van der Waals surface area contributed by atoms with Crippen LogP contribution in [-0.2, 0) is 50.6 Å². The number of likely N-dealkylation sites (N-methyl/N-ethyl adjacent to an activating group) is 2. The number of hydrogen-bond acceptors (Lipinski definition) is 14. The zero-order chi connectivity index (χ0) is 64.0. The number of ether oxygens (including phenoxy) is 4.